The number of sulfonamides is 1. The number of aromatic nitrogens is 2. The number of hydrogen-bond donors (Lipinski definition) is 2. The third-order valence-corrected chi connectivity index (χ3v) is 6.51. The lowest BCUT2D eigenvalue weighted by molar-refractivity contribution is 0.0457. The second-order valence-electron chi connectivity index (χ2n) is 7.04. The van der Waals surface area contributed by atoms with Gasteiger partial charge in [-0.25, -0.2) is 22.9 Å². The molecule has 33 heavy (non-hydrogen) atoms. The van der Waals surface area contributed by atoms with Crippen LogP contribution in [0.5, 0.6) is 0 Å². The van der Waals surface area contributed by atoms with Crippen molar-refractivity contribution in [3.63, 3.8) is 0 Å². The summed E-state index contributed by atoms with van der Waals surface area (Å²) in [6.45, 7) is 0.0269. The minimum Gasteiger partial charge on any atom is -0.468 e. The Hall–Kier alpha value is -3.18. The summed E-state index contributed by atoms with van der Waals surface area (Å²) < 4.78 is 39.5. The van der Waals surface area contributed by atoms with E-state index in [1.54, 1.807) is 34.9 Å². The highest BCUT2D eigenvalue weighted by Crippen LogP contribution is 2.21. The van der Waals surface area contributed by atoms with Gasteiger partial charge >= 0.3 is 5.97 Å². The topological polar surface area (TPSA) is 124 Å². The number of rotatable bonds is 9. The molecule has 0 radical (unpaired) electrons. The summed E-state index contributed by atoms with van der Waals surface area (Å²) in [5, 5.41) is 9.91. The number of furan rings is 1. The number of hydrogen-bond acceptors (Lipinski definition) is 7. The van der Waals surface area contributed by atoms with E-state index in [0.29, 0.717) is 22.1 Å². The summed E-state index contributed by atoms with van der Waals surface area (Å²) in [6, 6.07) is 13.9. The molecule has 0 fully saturated rings. The van der Waals surface area contributed by atoms with Crippen LogP contribution in [0.25, 0.3) is 11.0 Å². The van der Waals surface area contributed by atoms with E-state index in [-0.39, 0.29) is 36.8 Å². The molecule has 0 saturated heterocycles. The number of nitrogens with zero attached hydrogens (tertiary/aromatic N) is 2. The summed E-state index contributed by atoms with van der Waals surface area (Å²) in [5.74, 6) is 0.299. The van der Waals surface area contributed by atoms with Gasteiger partial charge in [0.2, 0.25) is 10.0 Å². The van der Waals surface area contributed by atoms with E-state index in [1.165, 1.54) is 30.5 Å². The van der Waals surface area contributed by atoms with E-state index in [0.717, 1.165) is 5.52 Å². The number of esters is 1. The SMILES string of the molecule is O=C(OCc1nc2ccc(Cl)cc2n1CCO)c1ccc(S(=O)(=O)NCc2ccco2)cc1. The van der Waals surface area contributed by atoms with Gasteiger partial charge in [-0.15, -0.1) is 0 Å². The van der Waals surface area contributed by atoms with Crippen molar-refractivity contribution in [2.24, 2.45) is 0 Å². The Labute approximate surface area is 194 Å². The fraction of sp³-hybridized carbons (Fsp3) is 0.182. The molecular weight excluding hydrogens is 470 g/mol. The van der Waals surface area contributed by atoms with Gasteiger partial charge in [0.1, 0.15) is 18.2 Å². The van der Waals surface area contributed by atoms with Crippen LogP contribution in [0.4, 0.5) is 0 Å². The maximum Gasteiger partial charge on any atom is 0.338 e. The van der Waals surface area contributed by atoms with E-state index in [4.69, 9.17) is 20.8 Å². The average molecular weight is 490 g/mol. The summed E-state index contributed by atoms with van der Waals surface area (Å²) in [5.41, 5.74) is 1.57. The Morgan fingerprint density at radius 1 is 1.18 bits per heavy atom. The van der Waals surface area contributed by atoms with Gasteiger partial charge in [0.15, 0.2) is 0 Å². The molecule has 0 spiro atoms. The Balaban J connectivity index is 1.43. The predicted octanol–water partition coefficient (Wildman–Crippen LogP) is 3.11. The van der Waals surface area contributed by atoms with Gasteiger partial charge < -0.3 is 18.8 Å². The highest BCUT2D eigenvalue weighted by molar-refractivity contribution is 7.89. The van der Waals surface area contributed by atoms with Crippen molar-refractivity contribution >= 4 is 38.6 Å². The zero-order chi connectivity index (χ0) is 23.4. The molecule has 9 nitrogen and oxygen atoms in total. The number of carbonyl (C=O) groups excluding carboxylic acids is 1. The average Bonchev–Trinajstić information content (AvgIpc) is 3.45. The Morgan fingerprint density at radius 3 is 2.67 bits per heavy atom. The number of carbonyl (C=O) groups is 1. The van der Waals surface area contributed by atoms with Crippen LogP contribution in [0.2, 0.25) is 5.02 Å². The number of benzene rings is 2. The molecule has 2 N–H and O–H groups in total. The van der Waals surface area contributed by atoms with Crippen LogP contribution in [0.3, 0.4) is 0 Å². The largest absolute Gasteiger partial charge is 0.468 e. The molecule has 0 bridgehead atoms. The van der Waals surface area contributed by atoms with Gasteiger partial charge in [0.05, 0.1) is 40.9 Å². The zero-order valence-corrected chi connectivity index (χ0v) is 18.8. The number of nitrogens with one attached hydrogen (secondary N) is 1. The summed E-state index contributed by atoms with van der Waals surface area (Å²) in [7, 11) is -3.77. The number of ether oxygens (including phenoxy) is 1. The first kappa shape index (κ1) is 23.0. The summed E-state index contributed by atoms with van der Waals surface area (Å²) in [4.78, 5) is 16.9. The van der Waals surface area contributed by atoms with E-state index in [1.807, 2.05) is 0 Å². The van der Waals surface area contributed by atoms with E-state index < -0.39 is 16.0 Å². The maximum absolute atomic E-state index is 12.5. The third-order valence-electron chi connectivity index (χ3n) is 4.86. The van der Waals surface area contributed by atoms with Gasteiger partial charge in [-0.1, -0.05) is 11.6 Å². The minimum atomic E-state index is -3.77. The van der Waals surface area contributed by atoms with Crippen LogP contribution < -0.4 is 4.72 Å². The molecule has 0 atom stereocenters. The van der Waals surface area contributed by atoms with Crippen molar-refractivity contribution in [3.05, 3.63) is 83.0 Å². The van der Waals surface area contributed by atoms with Gasteiger partial charge in [-0.3, -0.25) is 0 Å². The van der Waals surface area contributed by atoms with Crippen molar-refractivity contribution in [2.45, 2.75) is 24.6 Å². The number of aliphatic hydroxyl groups excluding tert-OH is 1. The minimum absolute atomic E-state index is 0.00669. The molecule has 2 aromatic carbocycles. The van der Waals surface area contributed by atoms with Gasteiger partial charge in [-0.2, -0.15) is 0 Å². The molecular formula is C22H20ClN3O6S. The fourth-order valence-electron chi connectivity index (χ4n) is 3.25. The van der Waals surface area contributed by atoms with Gasteiger partial charge in [0.25, 0.3) is 0 Å². The van der Waals surface area contributed by atoms with Crippen molar-refractivity contribution in [2.75, 3.05) is 6.61 Å². The molecule has 172 valence electrons. The van der Waals surface area contributed by atoms with Crippen molar-refractivity contribution in [1.29, 1.82) is 0 Å². The molecule has 4 rings (SSSR count). The first-order valence-corrected chi connectivity index (χ1v) is 11.8. The maximum atomic E-state index is 12.5. The van der Waals surface area contributed by atoms with Crippen LogP contribution in [-0.4, -0.2) is 35.7 Å². The number of fused-ring (bicyclic) bond motifs is 1. The molecule has 0 aliphatic heterocycles. The first-order chi connectivity index (χ1) is 15.9. The number of halogens is 1. The molecule has 0 saturated carbocycles. The van der Waals surface area contributed by atoms with Crippen LogP contribution in [0.15, 0.2) is 70.2 Å². The molecule has 2 heterocycles. The van der Waals surface area contributed by atoms with Crippen LogP contribution in [0, 0.1) is 0 Å². The molecule has 0 aliphatic rings. The number of aliphatic hydroxyl groups is 1. The second-order valence-corrected chi connectivity index (χ2v) is 9.24. The second kappa shape index (κ2) is 9.75. The fourth-order valence-corrected chi connectivity index (χ4v) is 4.41. The highest BCUT2D eigenvalue weighted by Gasteiger charge is 2.17. The highest BCUT2D eigenvalue weighted by atomic mass is 35.5. The molecule has 4 aromatic rings. The monoisotopic (exact) mass is 489 g/mol. The van der Waals surface area contributed by atoms with Gasteiger partial charge in [0, 0.05) is 11.6 Å². The number of imidazole rings is 1. The predicted molar refractivity (Wildman–Crippen MR) is 120 cm³/mol. The van der Waals surface area contributed by atoms with E-state index in [9.17, 15) is 18.3 Å². The first-order valence-electron chi connectivity index (χ1n) is 9.92. The van der Waals surface area contributed by atoms with E-state index in [2.05, 4.69) is 9.71 Å². The van der Waals surface area contributed by atoms with Crippen molar-refractivity contribution < 1.29 is 27.5 Å². The van der Waals surface area contributed by atoms with E-state index >= 15 is 0 Å². The molecule has 0 unspecified atom stereocenters. The van der Waals surface area contributed by atoms with Crippen LogP contribution in [0.1, 0.15) is 21.9 Å². The lowest BCUT2D eigenvalue weighted by atomic mass is 10.2. The molecule has 11 heteroatoms. The molecule has 2 aromatic heterocycles. The quantitative estimate of drug-likeness (QED) is 0.346. The summed E-state index contributed by atoms with van der Waals surface area (Å²) in [6.07, 6.45) is 1.46. The smallest absolute Gasteiger partial charge is 0.338 e. The summed E-state index contributed by atoms with van der Waals surface area (Å²) >= 11 is 6.06. The van der Waals surface area contributed by atoms with Crippen LogP contribution in [-0.2, 0) is 34.5 Å². The lowest BCUT2D eigenvalue weighted by Gasteiger charge is -2.09. The lowest BCUT2D eigenvalue weighted by Crippen LogP contribution is -2.23. The molecule has 0 aliphatic carbocycles. The van der Waals surface area contributed by atoms with Gasteiger partial charge in [-0.05, 0) is 54.6 Å². The zero-order valence-electron chi connectivity index (χ0n) is 17.3. The van der Waals surface area contributed by atoms with Crippen molar-refractivity contribution in [3.8, 4) is 0 Å². The standard InChI is InChI=1S/C22H20ClN3O6S/c23-16-5-8-19-20(12-16)26(9-10-27)21(25-19)14-32-22(28)15-3-6-18(7-4-15)33(29,30)24-13-17-2-1-11-31-17/h1-8,11-12,24,27H,9-10,13-14H2. The molecule has 0 amide bonds. The normalized spacial score (nSPS) is 11.7. The third kappa shape index (κ3) is 5.25. The van der Waals surface area contributed by atoms with Crippen LogP contribution >= 0.6 is 11.6 Å². The Kier molecular flexibility index (Phi) is 6.80. The Morgan fingerprint density at radius 2 is 1.97 bits per heavy atom. The van der Waals surface area contributed by atoms with Crippen molar-refractivity contribution in [1.82, 2.24) is 14.3 Å². The Bertz CT molecular complexity index is 1370.